The van der Waals surface area contributed by atoms with Gasteiger partial charge in [0.15, 0.2) is 0 Å². The Labute approximate surface area is 101 Å². The van der Waals surface area contributed by atoms with Crippen LogP contribution in [0.2, 0.25) is 0 Å². The number of hydrogen-bond acceptors (Lipinski definition) is 3. The summed E-state index contributed by atoms with van der Waals surface area (Å²) in [4.78, 5) is 0. The highest BCUT2D eigenvalue weighted by Gasteiger charge is 2.37. The summed E-state index contributed by atoms with van der Waals surface area (Å²) in [5.74, 6) is 0. The molecular weight excluding hydrogens is 198 g/mol. The van der Waals surface area contributed by atoms with E-state index in [1.165, 1.54) is 32.2 Å². The first kappa shape index (κ1) is 15.9. The van der Waals surface area contributed by atoms with Gasteiger partial charge in [-0.1, -0.05) is 13.3 Å². The van der Waals surface area contributed by atoms with Gasteiger partial charge in [-0.2, -0.15) is 0 Å². The third kappa shape index (κ3) is 5.28. The summed E-state index contributed by atoms with van der Waals surface area (Å²) in [7, 11) is 0. The van der Waals surface area contributed by atoms with Crippen molar-refractivity contribution in [2.75, 3.05) is 6.54 Å². The minimum atomic E-state index is 0. The molecule has 0 spiro atoms. The largest absolute Gasteiger partial charge is 0.344 e. The molecule has 16 heavy (non-hydrogen) atoms. The maximum Gasteiger partial charge on any atom is 0.0144 e. The van der Waals surface area contributed by atoms with Gasteiger partial charge in [-0.05, 0) is 53.5 Å². The summed E-state index contributed by atoms with van der Waals surface area (Å²) in [5, 5.41) is 7.41. The maximum atomic E-state index is 3.71. The molecule has 1 aliphatic heterocycles. The van der Waals surface area contributed by atoms with E-state index in [2.05, 4.69) is 45.3 Å². The van der Waals surface area contributed by atoms with Gasteiger partial charge >= 0.3 is 0 Å². The van der Waals surface area contributed by atoms with Gasteiger partial charge < -0.3 is 16.8 Å². The zero-order valence-corrected chi connectivity index (χ0v) is 11.8. The zero-order valence-electron chi connectivity index (χ0n) is 11.8. The monoisotopic (exact) mass is 229 g/mol. The van der Waals surface area contributed by atoms with Crippen LogP contribution >= 0.6 is 0 Å². The first-order chi connectivity index (χ1) is 6.85. The van der Waals surface area contributed by atoms with Gasteiger partial charge in [0.25, 0.3) is 0 Å². The highest BCUT2D eigenvalue weighted by atomic mass is 15.1. The second-order valence-electron chi connectivity index (χ2n) is 6.31. The molecule has 0 aromatic carbocycles. The molecule has 1 rings (SSSR count). The summed E-state index contributed by atoms with van der Waals surface area (Å²) >= 11 is 0. The fourth-order valence-corrected chi connectivity index (χ4v) is 2.95. The molecule has 1 fully saturated rings. The predicted octanol–water partition coefficient (Wildman–Crippen LogP) is 2.85. The molecule has 98 valence electrons. The van der Waals surface area contributed by atoms with Crippen molar-refractivity contribution in [2.24, 2.45) is 0 Å². The van der Waals surface area contributed by atoms with Crippen molar-refractivity contribution >= 4 is 0 Å². The van der Waals surface area contributed by atoms with Gasteiger partial charge in [-0.15, -0.1) is 0 Å². The highest BCUT2D eigenvalue weighted by molar-refractivity contribution is 4.99. The maximum absolute atomic E-state index is 3.71. The Bertz CT molecular complexity index is 183. The SMILES string of the molecule is CCCCNC1CC(C)(C)NC(C)(C)C1.N. The van der Waals surface area contributed by atoms with E-state index in [4.69, 9.17) is 0 Å². The fraction of sp³-hybridized carbons (Fsp3) is 1.00. The molecule has 0 aromatic heterocycles. The van der Waals surface area contributed by atoms with Gasteiger partial charge in [0.2, 0.25) is 0 Å². The second-order valence-corrected chi connectivity index (χ2v) is 6.31. The Morgan fingerprint density at radius 3 is 2.06 bits per heavy atom. The van der Waals surface area contributed by atoms with Crippen molar-refractivity contribution in [3.63, 3.8) is 0 Å². The average Bonchev–Trinajstić information content (AvgIpc) is 1.98. The van der Waals surface area contributed by atoms with Crippen molar-refractivity contribution in [1.82, 2.24) is 16.8 Å². The molecule has 1 saturated heterocycles. The number of unbranched alkanes of at least 4 members (excludes halogenated alkanes) is 1. The second kappa shape index (κ2) is 5.99. The van der Waals surface area contributed by atoms with Crippen LogP contribution < -0.4 is 16.8 Å². The smallest absolute Gasteiger partial charge is 0.0144 e. The lowest BCUT2D eigenvalue weighted by Gasteiger charge is -2.46. The standard InChI is InChI=1S/C13H28N2.H3N/c1-6-7-8-14-11-9-12(2,3)15-13(4,5)10-11;/h11,14-15H,6-10H2,1-5H3;1H3. The Balaban J connectivity index is 0.00000225. The molecule has 3 heteroatoms. The molecule has 1 heterocycles. The molecule has 0 radical (unpaired) electrons. The van der Waals surface area contributed by atoms with E-state index in [1.807, 2.05) is 0 Å². The summed E-state index contributed by atoms with van der Waals surface area (Å²) in [5.41, 5.74) is 0.539. The molecule has 0 saturated carbocycles. The van der Waals surface area contributed by atoms with Gasteiger partial charge in [-0.3, -0.25) is 0 Å². The van der Waals surface area contributed by atoms with Crippen LogP contribution in [0.1, 0.15) is 60.3 Å². The van der Waals surface area contributed by atoms with Gasteiger partial charge in [-0.25, -0.2) is 0 Å². The molecule has 5 N–H and O–H groups in total. The molecule has 0 atom stereocenters. The Hall–Kier alpha value is -0.120. The third-order valence-corrected chi connectivity index (χ3v) is 3.15. The van der Waals surface area contributed by atoms with E-state index in [0.29, 0.717) is 6.04 Å². The molecule has 0 aliphatic carbocycles. The van der Waals surface area contributed by atoms with Crippen LogP contribution in [0.4, 0.5) is 0 Å². The molecule has 0 aromatic rings. The number of nitrogens with one attached hydrogen (secondary N) is 2. The third-order valence-electron chi connectivity index (χ3n) is 3.15. The van der Waals surface area contributed by atoms with Crippen LogP contribution in [0.3, 0.4) is 0 Å². The van der Waals surface area contributed by atoms with Crippen molar-refractivity contribution in [1.29, 1.82) is 0 Å². The molecule has 0 unspecified atom stereocenters. The quantitative estimate of drug-likeness (QED) is 0.650. The lowest BCUT2D eigenvalue weighted by atomic mass is 9.79. The summed E-state index contributed by atoms with van der Waals surface area (Å²) in [6.07, 6.45) is 5.05. The normalized spacial score (nSPS) is 23.8. The van der Waals surface area contributed by atoms with Gasteiger partial charge in [0.1, 0.15) is 0 Å². The van der Waals surface area contributed by atoms with E-state index in [0.717, 1.165) is 0 Å². The van der Waals surface area contributed by atoms with Crippen LogP contribution in [0.15, 0.2) is 0 Å². The van der Waals surface area contributed by atoms with Crippen LogP contribution in [0.25, 0.3) is 0 Å². The summed E-state index contributed by atoms with van der Waals surface area (Å²) in [6, 6.07) is 0.683. The first-order valence-corrected chi connectivity index (χ1v) is 6.37. The van der Waals surface area contributed by atoms with Crippen molar-refractivity contribution < 1.29 is 0 Å². The fourth-order valence-electron chi connectivity index (χ4n) is 2.95. The topological polar surface area (TPSA) is 59.1 Å². The lowest BCUT2D eigenvalue weighted by molar-refractivity contribution is 0.146. The zero-order chi connectivity index (χ0) is 11.5. The van der Waals surface area contributed by atoms with Crippen LogP contribution in [0, 0.1) is 0 Å². The number of piperidine rings is 1. The molecule has 0 bridgehead atoms. The van der Waals surface area contributed by atoms with Crippen LogP contribution in [0.5, 0.6) is 0 Å². The predicted molar refractivity (Wildman–Crippen MR) is 72.2 cm³/mol. The lowest BCUT2D eigenvalue weighted by Crippen LogP contribution is -2.61. The van der Waals surface area contributed by atoms with E-state index < -0.39 is 0 Å². The van der Waals surface area contributed by atoms with Crippen molar-refractivity contribution in [2.45, 2.75) is 77.4 Å². The van der Waals surface area contributed by atoms with E-state index in [1.54, 1.807) is 0 Å². The van der Waals surface area contributed by atoms with Gasteiger partial charge in [0, 0.05) is 17.1 Å². The summed E-state index contributed by atoms with van der Waals surface area (Å²) < 4.78 is 0. The molecule has 0 amide bonds. The molecule has 3 nitrogen and oxygen atoms in total. The van der Waals surface area contributed by atoms with Crippen LogP contribution in [-0.4, -0.2) is 23.7 Å². The Kier molecular flexibility index (Phi) is 5.94. The summed E-state index contributed by atoms with van der Waals surface area (Å²) in [6.45, 7) is 12.7. The van der Waals surface area contributed by atoms with Crippen LogP contribution in [-0.2, 0) is 0 Å². The van der Waals surface area contributed by atoms with E-state index in [9.17, 15) is 0 Å². The highest BCUT2D eigenvalue weighted by Crippen LogP contribution is 2.28. The van der Waals surface area contributed by atoms with Crippen molar-refractivity contribution in [3.8, 4) is 0 Å². The van der Waals surface area contributed by atoms with Crippen molar-refractivity contribution in [3.05, 3.63) is 0 Å². The average molecular weight is 229 g/mol. The Morgan fingerprint density at radius 1 is 1.12 bits per heavy atom. The molecule has 1 aliphatic rings. The van der Waals surface area contributed by atoms with Gasteiger partial charge in [0.05, 0.1) is 0 Å². The number of hydrogen-bond donors (Lipinski definition) is 3. The minimum absolute atomic E-state index is 0. The molecular formula is C13H31N3. The van der Waals surface area contributed by atoms with E-state index in [-0.39, 0.29) is 17.2 Å². The first-order valence-electron chi connectivity index (χ1n) is 6.37. The Morgan fingerprint density at radius 2 is 1.62 bits per heavy atom. The minimum Gasteiger partial charge on any atom is -0.344 e. The number of rotatable bonds is 4. The van der Waals surface area contributed by atoms with E-state index >= 15 is 0 Å².